The van der Waals surface area contributed by atoms with E-state index in [1.54, 1.807) is 9.13 Å². The molecule has 4 rings (SSSR count). The zero-order valence-corrected chi connectivity index (χ0v) is 18.2. The van der Waals surface area contributed by atoms with Crippen molar-refractivity contribution in [2.45, 2.75) is 64.5 Å². The van der Waals surface area contributed by atoms with Crippen LogP contribution < -0.4 is 14.5 Å². The molecule has 1 fully saturated rings. The minimum absolute atomic E-state index is 0.0243. The third kappa shape index (κ3) is 4.33. The van der Waals surface area contributed by atoms with Crippen LogP contribution in [0.5, 0.6) is 11.9 Å². The Morgan fingerprint density at radius 1 is 1.03 bits per heavy atom. The number of nitrogens with one attached hydrogen (secondary N) is 1. The molecule has 3 aromatic rings. The summed E-state index contributed by atoms with van der Waals surface area (Å²) in [4.78, 5) is 12.9. The highest BCUT2D eigenvalue weighted by atomic mass is 16.3. The highest BCUT2D eigenvalue weighted by Crippen LogP contribution is 2.29. The van der Waals surface area contributed by atoms with Crippen LogP contribution in [0.15, 0.2) is 48.5 Å². The van der Waals surface area contributed by atoms with Gasteiger partial charge in [0, 0.05) is 24.6 Å². The van der Waals surface area contributed by atoms with Crippen LogP contribution in [-0.4, -0.2) is 16.1 Å². The lowest BCUT2D eigenvalue weighted by Gasteiger charge is -2.17. The molecule has 1 heterocycles. The topological polar surface area (TPSA) is 77.3 Å². The van der Waals surface area contributed by atoms with Gasteiger partial charge in [-0.25, -0.2) is 0 Å². The largest absolute Gasteiger partial charge is 0.632 e. The fraction of sp³-hybridized carbons (Fsp3) is 0.400. The summed E-state index contributed by atoms with van der Waals surface area (Å²) in [6.07, 6.45) is 5.10. The molecule has 1 amide bonds. The first-order valence-electron chi connectivity index (χ1n) is 11.1. The summed E-state index contributed by atoms with van der Waals surface area (Å²) in [5, 5.41) is 25.6. The van der Waals surface area contributed by atoms with Gasteiger partial charge in [0.15, 0.2) is 11.4 Å². The zero-order valence-electron chi connectivity index (χ0n) is 18.2. The quantitative estimate of drug-likeness (QED) is 0.543. The number of hydrogen-bond donors (Lipinski definition) is 3. The van der Waals surface area contributed by atoms with Crippen LogP contribution in [0.1, 0.15) is 63.5 Å². The van der Waals surface area contributed by atoms with Gasteiger partial charge in [0.25, 0.3) is 5.91 Å². The summed E-state index contributed by atoms with van der Waals surface area (Å²) in [7, 11) is 0. The molecule has 0 spiro atoms. The van der Waals surface area contributed by atoms with Crippen LogP contribution in [0.25, 0.3) is 10.9 Å². The van der Waals surface area contributed by atoms with E-state index in [9.17, 15) is 15.0 Å². The number of aromatic nitrogens is 2. The number of amides is 1. The molecule has 1 aliphatic carbocycles. The average Bonchev–Trinajstić information content (AvgIpc) is 2.78. The van der Waals surface area contributed by atoms with Gasteiger partial charge in [0.2, 0.25) is 12.1 Å². The average molecular weight is 422 g/mol. The Hall–Kier alpha value is -3.15. The van der Waals surface area contributed by atoms with Crippen LogP contribution in [-0.2, 0) is 11.3 Å². The van der Waals surface area contributed by atoms with Gasteiger partial charge in [0.05, 0.1) is 0 Å². The summed E-state index contributed by atoms with van der Waals surface area (Å²) >= 11 is 0. The van der Waals surface area contributed by atoms with Crippen LogP contribution in [0.4, 0.5) is 5.69 Å². The van der Waals surface area contributed by atoms with E-state index >= 15 is 0 Å². The molecule has 0 aliphatic heterocycles. The minimum atomic E-state index is -0.233. The lowest BCUT2D eigenvalue weighted by Crippen LogP contribution is -2.53. The van der Waals surface area contributed by atoms with E-state index in [0.717, 1.165) is 31.4 Å². The number of rotatable bonds is 5. The van der Waals surface area contributed by atoms with Gasteiger partial charge in [-0.05, 0) is 42.5 Å². The summed E-state index contributed by atoms with van der Waals surface area (Å²) in [5.74, 6) is 0.250. The van der Waals surface area contributed by atoms with Crippen molar-refractivity contribution in [3.8, 4) is 11.9 Å². The smallest absolute Gasteiger partial charge is 0.459 e. The van der Waals surface area contributed by atoms with Gasteiger partial charge in [-0.15, -0.1) is 0 Å². The number of hydrogen-bond acceptors (Lipinski definition) is 3. The van der Waals surface area contributed by atoms with Crippen molar-refractivity contribution < 1.29 is 24.1 Å². The van der Waals surface area contributed by atoms with Crippen LogP contribution in [0.2, 0.25) is 0 Å². The lowest BCUT2D eigenvalue weighted by molar-refractivity contribution is -0.830. The molecule has 0 unspecified atom stereocenters. The molecule has 0 radical (unpaired) electrons. The minimum Gasteiger partial charge on any atom is -0.459 e. The van der Waals surface area contributed by atoms with E-state index in [1.165, 1.54) is 12.0 Å². The molecule has 1 saturated carbocycles. The molecule has 0 saturated heterocycles. The summed E-state index contributed by atoms with van der Waals surface area (Å²) in [5.41, 5.74) is 2.55. The van der Waals surface area contributed by atoms with E-state index in [2.05, 4.69) is 19.2 Å². The molecule has 6 nitrogen and oxygen atoms in total. The predicted molar refractivity (Wildman–Crippen MR) is 119 cm³/mol. The normalized spacial score (nSPS) is 14.8. The van der Waals surface area contributed by atoms with Crippen LogP contribution >= 0.6 is 0 Å². The Morgan fingerprint density at radius 2 is 1.71 bits per heavy atom. The fourth-order valence-electron chi connectivity index (χ4n) is 4.49. The summed E-state index contributed by atoms with van der Waals surface area (Å²) < 4.78 is 3.19. The SMILES string of the molecule is CC(C)c1ccc(NC(=O)C[n+]2c(O)[n+](C3CCCCC3)c(O)c3ccccc32)cc1. The first kappa shape index (κ1) is 21.1. The molecule has 0 atom stereocenters. The first-order valence-corrected chi connectivity index (χ1v) is 11.1. The number of nitrogens with zero attached hydrogens (tertiary/aromatic N) is 2. The van der Waals surface area contributed by atoms with Gasteiger partial charge in [-0.1, -0.05) is 53.7 Å². The maximum atomic E-state index is 12.9. The van der Waals surface area contributed by atoms with Gasteiger partial charge >= 0.3 is 11.9 Å². The Bertz CT molecular complexity index is 1090. The van der Waals surface area contributed by atoms with Crippen LogP contribution in [0.3, 0.4) is 0 Å². The second-order valence-electron chi connectivity index (χ2n) is 8.71. The fourth-order valence-corrected chi connectivity index (χ4v) is 4.49. The number of fused-ring (bicyclic) bond motifs is 1. The molecule has 3 N–H and O–H groups in total. The van der Waals surface area contributed by atoms with Crippen LogP contribution in [0, 0.1) is 0 Å². The van der Waals surface area contributed by atoms with Crippen molar-refractivity contribution in [3.05, 3.63) is 54.1 Å². The van der Waals surface area contributed by atoms with Gasteiger partial charge in [-0.3, -0.25) is 4.79 Å². The van der Waals surface area contributed by atoms with Gasteiger partial charge < -0.3 is 15.5 Å². The van der Waals surface area contributed by atoms with Crippen molar-refractivity contribution in [1.29, 1.82) is 0 Å². The number of aromatic hydroxyl groups is 2. The third-order valence-corrected chi connectivity index (χ3v) is 6.22. The maximum Gasteiger partial charge on any atom is 0.632 e. The Morgan fingerprint density at radius 3 is 2.39 bits per heavy atom. The third-order valence-electron chi connectivity index (χ3n) is 6.22. The summed E-state index contributed by atoms with van der Waals surface area (Å²) in [6.45, 7) is 4.21. The molecule has 162 valence electrons. The van der Waals surface area contributed by atoms with E-state index in [1.807, 2.05) is 48.5 Å². The lowest BCUT2D eigenvalue weighted by atomic mass is 9.95. The predicted octanol–water partition coefficient (Wildman–Crippen LogP) is 4.09. The number of benzene rings is 2. The molecular weight excluding hydrogens is 390 g/mol. The van der Waals surface area contributed by atoms with E-state index in [4.69, 9.17) is 0 Å². The van der Waals surface area contributed by atoms with E-state index in [0.29, 0.717) is 16.8 Å². The number of carbonyl (C=O) groups excluding carboxylic acids is 1. The highest BCUT2D eigenvalue weighted by molar-refractivity contribution is 5.90. The van der Waals surface area contributed by atoms with Gasteiger partial charge in [0.1, 0.15) is 0 Å². The molecule has 1 aliphatic rings. The maximum absolute atomic E-state index is 12.9. The molecular formula is C25H31N3O3+2. The van der Waals surface area contributed by atoms with Crippen molar-refractivity contribution in [2.24, 2.45) is 0 Å². The van der Waals surface area contributed by atoms with E-state index in [-0.39, 0.29) is 30.4 Å². The van der Waals surface area contributed by atoms with Crippen molar-refractivity contribution in [2.75, 3.05) is 5.32 Å². The zero-order chi connectivity index (χ0) is 22.0. The molecule has 0 bridgehead atoms. The standard InChI is InChI=1S/C25H29N3O3/c1-17(2)18-12-14-19(15-13-18)26-23(29)16-27-22-11-7-6-10-21(22)24(30)28(25(27)31)20-8-4-3-5-9-20/h6-7,10-15,17,20H,3-5,8-9,16H2,1-2H3,(H,26,29)/p+2. The number of para-hydroxylation sites is 1. The number of anilines is 1. The van der Waals surface area contributed by atoms with E-state index < -0.39 is 0 Å². The van der Waals surface area contributed by atoms with Gasteiger partial charge in [-0.2, -0.15) is 0 Å². The Kier molecular flexibility index (Phi) is 6.07. The van der Waals surface area contributed by atoms with Crippen molar-refractivity contribution in [3.63, 3.8) is 0 Å². The Labute approximate surface area is 182 Å². The Balaban J connectivity index is 1.66. The molecule has 2 aromatic carbocycles. The first-order chi connectivity index (χ1) is 15.0. The van der Waals surface area contributed by atoms with Crippen molar-refractivity contribution in [1.82, 2.24) is 0 Å². The second kappa shape index (κ2) is 8.92. The second-order valence-corrected chi connectivity index (χ2v) is 8.71. The summed E-state index contributed by atoms with van der Waals surface area (Å²) in [6, 6.07) is 15.1. The molecule has 1 aromatic heterocycles. The molecule has 6 heteroatoms. The monoisotopic (exact) mass is 421 g/mol. The molecule has 31 heavy (non-hydrogen) atoms. The van der Waals surface area contributed by atoms with Crippen molar-refractivity contribution >= 4 is 22.5 Å². The highest BCUT2D eigenvalue weighted by Gasteiger charge is 2.39. The number of carbonyl (C=O) groups is 1.